The van der Waals surface area contributed by atoms with Gasteiger partial charge in [0.05, 0.1) is 42.9 Å². The van der Waals surface area contributed by atoms with E-state index in [-0.39, 0.29) is 6.10 Å². The minimum atomic E-state index is -0.0501. The van der Waals surface area contributed by atoms with Crippen LogP contribution in [0, 0.1) is 23.2 Å². The van der Waals surface area contributed by atoms with E-state index in [9.17, 15) is 0 Å². The molecule has 0 bridgehead atoms. The zero-order valence-corrected chi connectivity index (χ0v) is 17.1. The molecule has 1 saturated carbocycles. The Morgan fingerprint density at radius 1 is 1.21 bits per heavy atom. The third-order valence-electron chi connectivity index (χ3n) is 6.14. The van der Waals surface area contributed by atoms with Crippen LogP contribution in [0.25, 0.3) is 0 Å². The number of nitriles is 1. The molecule has 2 heterocycles. The number of rotatable bonds is 5. The fourth-order valence-corrected chi connectivity index (χ4v) is 4.26. The van der Waals surface area contributed by atoms with Crippen LogP contribution < -0.4 is 9.64 Å². The number of benzene rings is 1. The summed E-state index contributed by atoms with van der Waals surface area (Å²) in [5, 5.41) is 9.16. The average Bonchev–Trinajstić information content (AvgIpc) is 2.79. The molecule has 5 heteroatoms. The zero-order chi connectivity index (χ0) is 20.1. The molecule has 0 radical (unpaired) electrons. The number of ether oxygens (including phenoxy) is 2. The Morgan fingerprint density at radius 3 is 2.90 bits per heavy atom. The van der Waals surface area contributed by atoms with Crippen LogP contribution in [0.15, 0.2) is 42.7 Å². The molecule has 152 valence electrons. The Kier molecular flexibility index (Phi) is 6.31. The molecule has 1 saturated heterocycles. The summed E-state index contributed by atoms with van der Waals surface area (Å²) < 4.78 is 12.1. The van der Waals surface area contributed by atoms with E-state index in [1.807, 2.05) is 36.7 Å². The van der Waals surface area contributed by atoms with Crippen LogP contribution in [0.4, 0.5) is 5.69 Å². The first-order valence-electron chi connectivity index (χ1n) is 10.7. The van der Waals surface area contributed by atoms with Crippen molar-refractivity contribution in [3.05, 3.63) is 53.9 Å². The number of hydrogen-bond acceptors (Lipinski definition) is 5. The van der Waals surface area contributed by atoms with Gasteiger partial charge in [0.2, 0.25) is 0 Å². The highest BCUT2D eigenvalue weighted by Crippen LogP contribution is 2.30. The number of anilines is 1. The molecular weight excluding hydrogens is 362 g/mol. The predicted octanol–water partition coefficient (Wildman–Crippen LogP) is 4.74. The van der Waals surface area contributed by atoms with Crippen molar-refractivity contribution >= 4 is 5.69 Å². The second-order valence-electron chi connectivity index (χ2n) is 8.36. The molecular formula is C24H29N3O2. The van der Waals surface area contributed by atoms with Gasteiger partial charge in [-0.25, -0.2) is 0 Å². The summed E-state index contributed by atoms with van der Waals surface area (Å²) in [5.41, 5.74) is 2.77. The lowest BCUT2D eigenvalue weighted by Crippen LogP contribution is -2.38. The van der Waals surface area contributed by atoms with Crippen molar-refractivity contribution in [2.24, 2.45) is 11.8 Å². The maximum atomic E-state index is 9.16. The van der Waals surface area contributed by atoms with Crippen molar-refractivity contribution in [1.29, 1.82) is 5.26 Å². The molecule has 1 aliphatic carbocycles. The van der Waals surface area contributed by atoms with E-state index in [1.165, 1.54) is 25.7 Å². The van der Waals surface area contributed by atoms with Gasteiger partial charge >= 0.3 is 0 Å². The average molecular weight is 392 g/mol. The molecule has 2 fully saturated rings. The predicted molar refractivity (Wildman–Crippen MR) is 113 cm³/mol. The molecule has 1 aliphatic heterocycles. The molecule has 1 aromatic carbocycles. The van der Waals surface area contributed by atoms with E-state index >= 15 is 0 Å². The van der Waals surface area contributed by atoms with Gasteiger partial charge in [-0.2, -0.15) is 5.26 Å². The van der Waals surface area contributed by atoms with Crippen LogP contribution in [0.5, 0.6) is 5.75 Å². The number of nitrogens with zero attached hydrogens (tertiary/aromatic N) is 3. The quantitative estimate of drug-likeness (QED) is 0.737. The lowest BCUT2D eigenvalue weighted by Gasteiger charge is -2.34. The van der Waals surface area contributed by atoms with Crippen molar-refractivity contribution < 1.29 is 9.47 Å². The second kappa shape index (κ2) is 9.28. The summed E-state index contributed by atoms with van der Waals surface area (Å²) in [5.74, 6) is 2.37. The molecule has 0 spiro atoms. The molecule has 1 aromatic heterocycles. The second-order valence-corrected chi connectivity index (χ2v) is 8.36. The summed E-state index contributed by atoms with van der Waals surface area (Å²) in [4.78, 5) is 6.70. The fraction of sp³-hybridized carbons (Fsp3) is 0.500. The number of pyridine rings is 1. The van der Waals surface area contributed by atoms with Gasteiger partial charge in [0.25, 0.3) is 0 Å². The molecule has 2 aromatic rings. The van der Waals surface area contributed by atoms with Gasteiger partial charge in [0.1, 0.15) is 11.9 Å². The van der Waals surface area contributed by atoms with E-state index in [4.69, 9.17) is 14.7 Å². The van der Waals surface area contributed by atoms with Gasteiger partial charge in [-0.05, 0) is 42.4 Å². The van der Waals surface area contributed by atoms with Gasteiger partial charge in [0, 0.05) is 19.2 Å². The fourth-order valence-electron chi connectivity index (χ4n) is 4.26. The molecule has 1 unspecified atom stereocenters. The highest BCUT2D eigenvalue weighted by molar-refractivity contribution is 5.49. The van der Waals surface area contributed by atoms with Crippen molar-refractivity contribution in [1.82, 2.24) is 4.98 Å². The molecule has 4 rings (SSSR count). The van der Waals surface area contributed by atoms with Crippen molar-refractivity contribution in [2.75, 3.05) is 31.2 Å². The normalized spacial score (nSPS) is 24.7. The SMILES string of the molecule is CC1CCC(COc2cncc(N3CCOC(c4cccc(C#N)c4)C3)c2)CC1. The summed E-state index contributed by atoms with van der Waals surface area (Å²) in [6.45, 7) is 5.33. The minimum absolute atomic E-state index is 0.0501. The number of aromatic nitrogens is 1. The van der Waals surface area contributed by atoms with E-state index < -0.39 is 0 Å². The van der Waals surface area contributed by atoms with Gasteiger partial charge in [-0.15, -0.1) is 0 Å². The van der Waals surface area contributed by atoms with Crippen LogP contribution in [0.2, 0.25) is 0 Å². The monoisotopic (exact) mass is 391 g/mol. The molecule has 0 N–H and O–H groups in total. The van der Waals surface area contributed by atoms with Crippen LogP contribution in [0.1, 0.15) is 49.8 Å². The Balaban J connectivity index is 1.39. The maximum absolute atomic E-state index is 9.16. The maximum Gasteiger partial charge on any atom is 0.139 e. The molecule has 1 atom stereocenters. The van der Waals surface area contributed by atoms with Crippen molar-refractivity contribution in [2.45, 2.75) is 38.7 Å². The van der Waals surface area contributed by atoms with E-state index in [2.05, 4.69) is 28.9 Å². The summed E-state index contributed by atoms with van der Waals surface area (Å²) in [7, 11) is 0. The lowest BCUT2D eigenvalue weighted by atomic mass is 9.83. The van der Waals surface area contributed by atoms with Gasteiger partial charge in [-0.1, -0.05) is 31.9 Å². The largest absolute Gasteiger partial charge is 0.492 e. The summed E-state index contributed by atoms with van der Waals surface area (Å²) in [6, 6.07) is 12.0. The van der Waals surface area contributed by atoms with E-state index in [0.717, 1.165) is 42.6 Å². The highest BCUT2D eigenvalue weighted by atomic mass is 16.5. The lowest BCUT2D eigenvalue weighted by molar-refractivity contribution is 0.0397. The first-order chi connectivity index (χ1) is 14.2. The first-order valence-corrected chi connectivity index (χ1v) is 10.7. The molecule has 29 heavy (non-hydrogen) atoms. The molecule has 2 aliphatic rings. The highest BCUT2D eigenvalue weighted by Gasteiger charge is 2.23. The van der Waals surface area contributed by atoms with Gasteiger partial charge in [0.15, 0.2) is 0 Å². The smallest absolute Gasteiger partial charge is 0.139 e. The topological polar surface area (TPSA) is 58.4 Å². The van der Waals surface area contributed by atoms with Gasteiger partial charge < -0.3 is 14.4 Å². The number of hydrogen-bond donors (Lipinski definition) is 0. The zero-order valence-electron chi connectivity index (χ0n) is 17.1. The van der Waals surface area contributed by atoms with Crippen LogP contribution >= 0.6 is 0 Å². The van der Waals surface area contributed by atoms with Gasteiger partial charge in [-0.3, -0.25) is 4.98 Å². The first kappa shape index (κ1) is 19.7. The van der Waals surface area contributed by atoms with Crippen molar-refractivity contribution in [3.63, 3.8) is 0 Å². The minimum Gasteiger partial charge on any atom is -0.492 e. The van der Waals surface area contributed by atoms with Crippen molar-refractivity contribution in [3.8, 4) is 11.8 Å². The Hall–Kier alpha value is -2.58. The summed E-state index contributed by atoms with van der Waals surface area (Å²) >= 11 is 0. The Bertz CT molecular complexity index is 855. The Morgan fingerprint density at radius 2 is 2.07 bits per heavy atom. The Labute approximate surface area is 173 Å². The third-order valence-corrected chi connectivity index (χ3v) is 6.14. The number of morpholine rings is 1. The van der Waals surface area contributed by atoms with Crippen LogP contribution in [-0.4, -0.2) is 31.3 Å². The van der Waals surface area contributed by atoms with Crippen LogP contribution in [-0.2, 0) is 4.74 Å². The van der Waals surface area contributed by atoms with E-state index in [0.29, 0.717) is 18.1 Å². The van der Waals surface area contributed by atoms with E-state index in [1.54, 1.807) is 0 Å². The third kappa shape index (κ3) is 5.07. The van der Waals surface area contributed by atoms with Crippen LogP contribution in [0.3, 0.4) is 0 Å². The molecule has 5 nitrogen and oxygen atoms in total. The summed E-state index contributed by atoms with van der Waals surface area (Å²) in [6.07, 6.45) is 8.81. The standard InChI is InChI=1S/C24H29N3O2/c1-18-5-7-19(8-6-18)17-29-23-12-22(14-26-15-23)27-9-10-28-24(16-27)21-4-2-3-20(11-21)13-25/h2-4,11-12,14-15,18-19,24H,5-10,16-17H2,1H3. The molecule has 0 amide bonds.